The molecule has 2 aromatic heterocycles. The maximum atomic E-state index is 9.24. The van der Waals surface area contributed by atoms with Gasteiger partial charge in [0, 0.05) is 6.54 Å². The number of thiophene rings is 1. The smallest absolute Gasteiger partial charge is 0.147 e. The van der Waals surface area contributed by atoms with Gasteiger partial charge in [-0.15, -0.1) is 11.3 Å². The van der Waals surface area contributed by atoms with E-state index in [1.807, 2.05) is 18.2 Å². The van der Waals surface area contributed by atoms with Gasteiger partial charge in [-0.25, -0.2) is 9.97 Å². The number of fused-ring (bicyclic) bond motifs is 1. The monoisotopic (exact) mass is 335 g/mol. The van der Waals surface area contributed by atoms with Crippen LogP contribution in [0.15, 0.2) is 40.4 Å². The van der Waals surface area contributed by atoms with Crippen molar-refractivity contribution in [2.45, 2.75) is 6.54 Å². The fourth-order valence-electron chi connectivity index (χ4n) is 1.75. The summed E-state index contributed by atoms with van der Waals surface area (Å²) < 4.78 is 2.07. The summed E-state index contributed by atoms with van der Waals surface area (Å²) in [7, 11) is 0. The first kappa shape index (κ1) is 12.4. The topological polar surface area (TPSA) is 58.0 Å². The van der Waals surface area contributed by atoms with Crippen LogP contribution in [0.1, 0.15) is 5.56 Å². The Morgan fingerprint density at radius 2 is 2.00 bits per heavy atom. The number of aromatic nitrogens is 2. The molecule has 19 heavy (non-hydrogen) atoms. The van der Waals surface area contributed by atoms with Crippen LogP contribution in [0.5, 0.6) is 5.75 Å². The summed E-state index contributed by atoms with van der Waals surface area (Å²) in [6.45, 7) is 0.655. The first-order chi connectivity index (χ1) is 9.22. The molecule has 0 aliphatic heterocycles. The number of nitrogens with one attached hydrogen (secondary N) is 1. The minimum absolute atomic E-state index is 0.273. The van der Waals surface area contributed by atoms with Gasteiger partial charge in [0.05, 0.1) is 14.0 Å². The number of rotatable bonds is 3. The lowest BCUT2D eigenvalue weighted by Gasteiger charge is -2.06. The van der Waals surface area contributed by atoms with E-state index in [0.29, 0.717) is 6.54 Å². The SMILES string of the molecule is Oc1ccc(CNc2ncnc3cc(Br)sc23)cc1. The molecule has 3 aromatic rings. The predicted octanol–water partition coefficient (Wildman–Crippen LogP) is 3.77. The van der Waals surface area contributed by atoms with Crippen LogP contribution < -0.4 is 5.32 Å². The van der Waals surface area contributed by atoms with Gasteiger partial charge in [0.1, 0.15) is 17.9 Å². The largest absolute Gasteiger partial charge is 0.508 e. The Kier molecular flexibility index (Phi) is 3.35. The first-order valence-electron chi connectivity index (χ1n) is 5.64. The van der Waals surface area contributed by atoms with Crippen molar-refractivity contribution < 1.29 is 5.11 Å². The molecule has 0 bridgehead atoms. The number of phenols is 1. The highest BCUT2D eigenvalue weighted by atomic mass is 79.9. The molecule has 0 fully saturated rings. The summed E-state index contributed by atoms with van der Waals surface area (Å²) in [5.41, 5.74) is 2.01. The maximum Gasteiger partial charge on any atom is 0.147 e. The predicted molar refractivity (Wildman–Crippen MR) is 80.5 cm³/mol. The molecule has 0 saturated heterocycles. The van der Waals surface area contributed by atoms with Crippen LogP contribution in [0.3, 0.4) is 0 Å². The second-order valence-corrected chi connectivity index (χ2v) is 6.44. The molecule has 96 valence electrons. The molecule has 0 spiro atoms. The molecule has 0 saturated carbocycles. The number of phenolic OH excluding ortho intramolecular Hbond substituents is 1. The number of nitrogens with zero attached hydrogens (tertiary/aromatic N) is 2. The van der Waals surface area contributed by atoms with E-state index in [1.54, 1.807) is 29.8 Å². The first-order valence-corrected chi connectivity index (χ1v) is 7.25. The maximum absolute atomic E-state index is 9.24. The summed E-state index contributed by atoms with van der Waals surface area (Å²) >= 11 is 5.06. The molecule has 2 N–H and O–H groups in total. The average molecular weight is 336 g/mol. The zero-order valence-corrected chi connectivity index (χ0v) is 12.2. The molecule has 2 heterocycles. The highest BCUT2D eigenvalue weighted by Crippen LogP contribution is 2.32. The molecule has 0 radical (unpaired) electrons. The normalized spacial score (nSPS) is 10.8. The molecule has 0 amide bonds. The van der Waals surface area contributed by atoms with Crippen molar-refractivity contribution in [2.24, 2.45) is 0 Å². The molecule has 4 nitrogen and oxygen atoms in total. The zero-order valence-electron chi connectivity index (χ0n) is 9.80. The van der Waals surface area contributed by atoms with Gasteiger partial charge in [0.15, 0.2) is 0 Å². The number of aromatic hydroxyl groups is 1. The quantitative estimate of drug-likeness (QED) is 0.764. The molecular formula is C13H10BrN3OS. The van der Waals surface area contributed by atoms with Gasteiger partial charge >= 0.3 is 0 Å². The van der Waals surface area contributed by atoms with Crippen LogP contribution in [-0.2, 0) is 6.54 Å². The summed E-state index contributed by atoms with van der Waals surface area (Å²) in [6, 6.07) is 9.09. The molecule has 1 aromatic carbocycles. The van der Waals surface area contributed by atoms with E-state index in [0.717, 1.165) is 25.4 Å². The van der Waals surface area contributed by atoms with Crippen molar-refractivity contribution in [1.82, 2.24) is 9.97 Å². The van der Waals surface area contributed by atoms with E-state index < -0.39 is 0 Å². The Morgan fingerprint density at radius 1 is 1.21 bits per heavy atom. The van der Waals surface area contributed by atoms with E-state index in [2.05, 4.69) is 31.2 Å². The van der Waals surface area contributed by atoms with E-state index in [4.69, 9.17) is 0 Å². The van der Waals surface area contributed by atoms with Crippen LogP contribution in [0, 0.1) is 0 Å². The van der Waals surface area contributed by atoms with Crippen molar-refractivity contribution in [2.75, 3.05) is 5.32 Å². The Balaban J connectivity index is 1.83. The van der Waals surface area contributed by atoms with Gasteiger partial charge < -0.3 is 10.4 Å². The Morgan fingerprint density at radius 3 is 2.79 bits per heavy atom. The van der Waals surface area contributed by atoms with E-state index in [9.17, 15) is 5.11 Å². The highest BCUT2D eigenvalue weighted by Gasteiger charge is 2.07. The Hall–Kier alpha value is -1.66. The third kappa shape index (κ3) is 2.69. The van der Waals surface area contributed by atoms with Crippen molar-refractivity contribution in [3.8, 4) is 5.75 Å². The molecular weight excluding hydrogens is 326 g/mol. The van der Waals surface area contributed by atoms with Crippen molar-refractivity contribution in [1.29, 1.82) is 0 Å². The number of hydrogen-bond acceptors (Lipinski definition) is 5. The van der Waals surface area contributed by atoms with Gasteiger partial charge in [-0.1, -0.05) is 12.1 Å². The zero-order chi connectivity index (χ0) is 13.2. The van der Waals surface area contributed by atoms with Crippen LogP contribution in [-0.4, -0.2) is 15.1 Å². The number of halogens is 1. The van der Waals surface area contributed by atoms with Crippen LogP contribution in [0.25, 0.3) is 10.2 Å². The lowest BCUT2D eigenvalue weighted by Crippen LogP contribution is -2.01. The number of hydrogen-bond donors (Lipinski definition) is 2. The molecule has 0 atom stereocenters. The highest BCUT2D eigenvalue weighted by molar-refractivity contribution is 9.11. The third-order valence-corrected chi connectivity index (χ3v) is 4.31. The van der Waals surface area contributed by atoms with Gasteiger partial charge in [-0.2, -0.15) is 0 Å². The standard InChI is InChI=1S/C13H10BrN3OS/c14-11-5-10-12(19-11)13(17-7-16-10)15-6-8-1-3-9(18)4-2-8/h1-5,7,18H,6H2,(H,15,16,17). The second-order valence-electron chi connectivity index (χ2n) is 4.01. The number of benzene rings is 1. The molecule has 0 unspecified atom stereocenters. The van der Waals surface area contributed by atoms with Gasteiger partial charge in [0.25, 0.3) is 0 Å². The third-order valence-electron chi connectivity index (χ3n) is 2.68. The minimum Gasteiger partial charge on any atom is -0.508 e. The van der Waals surface area contributed by atoms with Crippen molar-refractivity contribution in [3.63, 3.8) is 0 Å². The van der Waals surface area contributed by atoms with Crippen LogP contribution in [0.2, 0.25) is 0 Å². The van der Waals surface area contributed by atoms with E-state index in [-0.39, 0.29) is 5.75 Å². The summed E-state index contributed by atoms with van der Waals surface area (Å²) in [6.07, 6.45) is 1.56. The average Bonchev–Trinajstić information content (AvgIpc) is 2.79. The summed E-state index contributed by atoms with van der Waals surface area (Å²) in [5.74, 6) is 1.10. The second kappa shape index (κ2) is 5.14. The minimum atomic E-state index is 0.273. The van der Waals surface area contributed by atoms with Gasteiger partial charge in [-0.05, 0) is 39.7 Å². The Bertz CT molecular complexity index is 711. The lowest BCUT2D eigenvalue weighted by atomic mass is 10.2. The van der Waals surface area contributed by atoms with Crippen LogP contribution in [0.4, 0.5) is 5.82 Å². The van der Waals surface area contributed by atoms with E-state index in [1.165, 1.54) is 0 Å². The molecule has 3 rings (SSSR count). The van der Waals surface area contributed by atoms with E-state index >= 15 is 0 Å². The van der Waals surface area contributed by atoms with Gasteiger partial charge in [0.2, 0.25) is 0 Å². The summed E-state index contributed by atoms with van der Waals surface area (Å²) in [5, 5.41) is 12.5. The fourth-order valence-corrected chi connectivity index (χ4v) is 3.26. The van der Waals surface area contributed by atoms with Crippen molar-refractivity contribution >= 4 is 43.3 Å². The number of anilines is 1. The molecule has 0 aliphatic carbocycles. The summed E-state index contributed by atoms with van der Waals surface area (Å²) in [4.78, 5) is 8.50. The fraction of sp³-hybridized carbons (Fsp3) is 0.0769. The Labute approximate surface area is 122 Å². The molecule has 0 aliphatic rings. The van der Waals surface area contributed by atoms with Crippen molar-refractivity contribution in [3.05, 3.63) is 46.0 Å². The van der Waals surface area contributed by atoms with Crippen LogP contribution >= 0.6 is 27.3 Å². The van der Waals surface area contributed by atoms with Gasteiger partial charge in [-0.3, -0.25) is 0 Å². The molecule has 6 heteroatoms. The lowest BCUT2D eigenvalue weighted by molar-refractivity contribution is 0.475.